The highest BCUT2D eigenvalue weighted by molar-refractivity contribution is 5.32. The lowest BCUT2D eigenvalue weighted by Gasteiger charge is -2.26. The number of hydrogen-bond donors (Lipinski definition) is 2. The Morgan fingerprint density at radius 1 is 1.24 bits per heavy atom. The summed E-state index contributed by atoms with van der Waals surface area (Å²) in [7, 11) is 1.85. The smallest absolute Gasteiger partial charge is 0.119 e. The second-order valence-electron chi connectivity index (χ2n) is 4.89. The molecule has 3 heteroatoms. The number of nitrogens with one attached hydrogen (secondary N) is 1. The first kappa shape index (κ1) is 14.0. The van der Waals surface area contributed by atoms with E-state index in [0.717, 1.165) is 12.2 Å². The molecule has 0 spiro atoms. The third-order valence-electron chi connectivity index (χ3n) is 3.07. The molecule has 17 heavy (non-hydrogen) atoms. The van der Waals surface area contributed by atoms with E-state index in [1.54, 1.807) is 0 Å². The predicted molar refractivity (Wildman–Crippen MR) is 70.6 cm³/mol. The fourth-order valence-corrected chi connectivity index (χ4v) is 1.69. The van der Waals surface area contributed by atoms with Gasteiger partial charge in [0.05, 0.1) is 13.2 Å². The number of benzene rings is 1. The summed E-state index contributed by atoms with van der Waals surface area (Å²) < 4.78 is 5.72. The zero-order valence-corrected chi connectivity index (χ0v) is 11.2. The van der Waals surface area contributed by atoms with E-state index in [1.807, 2.05) is 26.1 Å². The van der Waals surface area contributed by atoms with Gasteiger partial charge in [-0.1, -0.05) is 6.07 Å². The van der Waals surface area contributed by atoms with Crippen LogP contribution in [-0.4, -0.2) is 30.9 Å². The lowest BCUT2D eigenvalue weighted by atomic mass is 10.0. The zero-order chi connectivity index (χ0) is 12.9. The monoisotopic (exact) mass is 237 g/mol. The van der Waals surface area contributed by atoms with Crippen LogP contribution in [-0.2, 0) is 0 Å². The molecule has 2 N–H and O–H groups in total. The Morgan fingerprint density at radius 3 is 2.29 bits per heavy atom. The van der Waals surface area contributed by atoms with Crippen LogP contribution in [0.5, 0.6) is 5.75 Å². The highest BCUT2D eigenvalue weighted by Crippen LogP contribution is 2.17. The van der Waals surface area contributed by atoms with Crippen LogP contribution >= 0.6 is 0 Å². The van der Waals surface area contributed by atoms with Gasteiger partial charge in [-0.15, -0.1) is 0 Å². The van der Waals surface area contributed by atoms with Crippen molar-refractivity contribution >= 4 is 0 Å². The minimum atomic E-state index is -0.265. The number of rotatable bonds is 6. The average Bonchev–Trinajstić information content (AvgIpc) is 2.27. The maximum absolute atomic E-state index is 9.25. The second-order valence-corrected chi connectivity index (χ2v) is 4.89. The molecule has 0 fully saturated rings. The van der Waals surface area contributed by atoms with Crippen LogP contribution in [0.4, 0.5) is 0 Å². The molecular formula is C14H23NO2. The molecule has 0 saturated heterocycles. The van der Waals surface area contributed by atoms with Crippen LogP contribution in [0.25, 0.3) is 0 Å². The van der Waals surface area contributed by atoms with Gasteiger partial charge in [0.25, 0.3) is 0 Å². The first-order valence-electron chi connectivity index (χ1n) is 6.00. The van der Waals surface area contributed by atoms with Crippen LogP contribution in [0.1, 0.15) is 24.5 Å². The van der Waals surface area contributed by atoms with Gasteiger partial charge in [0.15, 0.2) is 0 Å². The second kappa shape index (κ2) is 6.03. The predicted octanol–water partition coefficient (Wildman–Crippen LogP) is 2.04. The van der Waals surface area contributed by atoms with Gasteiger partial charge in [0, 0.05) is 12.0 Å². The molecule has 0 bridgehead atoms. The van der Waals surface area contributed by atoms with Gasteiger partial charge in [0.1, 0.15) is 5.75 Å². The number of aliphatic hydroxyl groups is 1. The highest BCUT2D eigenvalue weighted by atomic mass is 16.5. The molecule has 1 rings (SSSR count). The van der Waals surface area contributed by atoms with E-state index in [0.29, 0.717) is 6.61 Å². The Morgan fingerprint density at radius 2 is 1.82 bits per heavy atom. The van der Waals surface area contributed by atoms with Crippen molar-refractivity contribution in [2.45, 2.75) is 32.7 Å². The molecule has 1 aromatic carbocycles. The van der Waals surface area contributed by atoms with Gasteiger partial charge in [-0.05, 0) is 51.1 Å². The van der Waals surface area contributed by atoms with Gasteiger partial charge in [-0.2, -0.15) is 0 Å². The summed E-state index contributed by atoms with van der Waals surface area (Å²) in [5.74, 6) is 0.902. The molecule has 0 aliphatic rings. The summed E-state index contributed by atoms with van der Waals surface area (Å²) in [5, 5.41) is 12.4. The van der Waals surface area contributed by atoms with Gasteiger partial charge in [-0.3, -0.25) is 0 Å². The Bertz CT molecular complexity index is 339. The van der Waals surface area contributed by atoms with Crippen molar-refractivity contribution in [2.75, 3.05) is 20.3 Å². The number of ether oxygens (including phenoxy) is 1. The van der Waals surface area contributed by atoms with Crippen LogP contribution in [0.2, 0.25) is 0 Å². The van der Waals surface area contributed by atoms with Crippen molar-refractivity contribution in [2.24, 2.45) is 0 Å². The summed E-state index contributed by atoms with van der Waals surface area (Å²) in [4.78, 5) is 0. The quantitative estimate of drug-likeness (QED) is 0.795. The molecule has 0 aliphatic heterocycles. The summed E-state index contributed by atoms with van der Waals surface area (Å²) in [6.45, 7) is 6.81. The van der Waals surface area contributed by atoms with E-state index < -0.39 is 0 Å². The van der Waals surface area contributed by atoms with Crippen molar-refractivity contribution in [1.82, 2.24) is 5.32 Å². The number of aliphatic hydroxyl groups excluding tert-OH is 1. The van der Waals surface area contributed by atoms with Gasteiger partial charge in [0.2, 0.25) is 0 Å². The zero-order valence-electron chi connectivity index (χ0n) is 11.2. The van der Waals surface area contributed by atoms with E-state index >= 15 is 0 Å². The van der Waals surface area contributed by atoms with Crippen LogP contribution in [0.15, 0.2) is 18.2 Å². The fourth-order valence-electron chi connectivity index (χ4n) is 1.69. The molecule has 0 amide bonds. The third-order valence-corrected chi connectivity index (χ3v) is 3.07. The van der Waals surface area contributed by atoms with Gasteiger partial charge >= 0.3 is 0 Å². The third kappa shape index (κ3) is 4.36. The number of likely N-dealkylation sites (N-methyl/N-ethyl adjacent to an activating group) is 1. The Hall–Kier alpha value is -1.06. The molecule has 1 aromatic rings. The Kier molecular flexibility index (Phi) is 4.97. The summed E-state index contributed by atoms with van der Waals surface area (Å²) >= 11 is 0. The minimum absolute atomic E-state index is 0.111. The van der Waals surface area contributed by atoms with E-state index in [9.17, 15) is 5.11 Å². The number of aryl methyl sites for hydroxylation is 2. The van der Waals surface area contributed by atoms with Gasteiger partial charge in [-0.25, -0.2) is 0 Å². The van der Waals surface area contributed by atoms with Crippen LogP contribution in [0.3, 0.4) is 0 Å². The molecule has 0 heterocycles. The first-order valence-corrected chi connectivity index (χ1v) is 6.00. The Balaban J connectivity index is 2.51. The van der Waals surface area contributed by atoms with Crippen molar-refractivity contribution in [1.29, 1.82) is 0 Å². The SMILES string of the molecule is CNC(C)(CO)CCOc1cc(C)cc(C)c1. The average molecular weight is 237 g/mol. The standard InChI is InChI=1S/C14H23NO2/c1-11-7-12(2)9-13(8-11)17-6-5-14(3,10-16)15-4/h7-9,15-16H,5-6,10H2,1-4H3. The first-order chi connectivity index (χ1) is 7.99. The van der Waals surface area contributed by atoms with E-state index in [2.05, 4.69) is 25.2 Å². The number of hydrogen-bond acceptors (Lipinski definition) is 3. The molecule has 96 valence electrons. The largest absolute Gasteiger partial charge is 0.494 e. The molecule has 0 radical (unpaired) electrons. The topological polar surface area (TPSA) is 41.5 Å². The van der Waals surface area contributed by atoms with Crippen LogP contribution < -0.4 is 10.1 Å². The van der Waals surface area contributed by atoms with Gasteiger partial charge < -0.3 is 15.2 Å². The normalized spacial score (nSPS) is 14.4. The van der Waals surface area contributed by atoms with Crippen molar-refractivity contribution in [3.8, 4) is 5.75 Å². The molecular weight excluding hydrogens is 214 g/mol. The van der Waals surface area contributed by atoms with Crippen molar-refractivity contribution in [3.63, 3.8) is 0 Å². The van der Waals surface area contributed by atoms with Crippen LogP contribution in [0, 0.1) is 13.8 Å². The lowest BCUT2D eigenvalue weighted by Crippen LogP contribution is -2.44. The highest BCUT2D eigenvalue weighted by Gasteiger charge is 2.20. The minimum Gasteiger partial charge on any atom is -0.494 e. The maximum atomic E-state index is 9.25. The Labute approximate surface area is 104 Å². The molecule has 1 atom stereocenters. The van der Waals surface area contributed by atoms with E-state index in [4.69, 9.17) is 4.74 Å². The molecule has 0 saturated carbocycles. The lowest BCUT2D eigenvalue weighted by molar-refractivity contribution is 0.151. The summed E-state index contributed by atoms with van der Waals surface area (Å²) in [6.07, 6.45) is 0.771. The molecule has 0 aliphatic carbocycles. The van der Waals surface area contributed by atoms with E-state index in [-0.39, 0.29) is 12.1 Å². The molecule has 3 nitrogen and oxygen atoms in total. The summed E-state index contributed by atoms with van der Waals surface area (Å²) in [5.41, 5.74) is 2.15. The molecule has 1 unspecified atom stereocenters. The van der Waals surface area contributed by atoms with Crippen molar-refractivity contribution in [3.05, 3.63) is 29.3 Å². The van der Waals surface area contributed by atoms with E-state index in [1.165, 1.54) is 11.1 Å². The fraction of sp³-hybridized carbons (Fsp3) is 0.571. The van der Waals surface area contributed by atoms with Crippen molar-refractivity contribution < 1.29 is 9.84 Å². The molecule has 0 aromatic heterocycles. The maximum Gasteiger partial charge on any atom is 0.119 e. The summed E-state index contributed by atoms with van der Waals surface area (Å²) in [6, 6.07) is 6.18.